The van der Waals surface area contributed by atoms with Gasteiger partial charge in [-0.3, -0.25) is 0 Å². The number of nitrogens with zero attached hydrogens (tertiary/aromatic N) is 1. The first-order valence-electron chi connectivity index (χ1n) is 11.4. The maximum Gasteiger partial charge on any atom is 0.416 e. The van der Waals surface area contributed by atoms with Gasteiger partial charge in [-0.1, -0.05) is 38.7 Å². The lowest BCUT2D eigenvalue weighted by Crippen LogP contribution is -2.42. The van der Waals surface area contributed by atoms with Gasteiger partial charge in [-0.15, -0.1) is 0 Å². The zero-order chi connectivity index (χ0) is 26.8. The molecule has 0 spiro atoms. The molecule has 2 rings (SSSR count). The van der Waals surface area contributed by atoms with Crippen molar-refractivity contribution in [1.29, 1.82) is 0 Å². The van der Waals surface area contributed by atoms with Crippen LogP contribution in [0.3, 0.4) is 0 Å². The third kappa shape index (κ3) is 5.75. The van der Waals surface area contributed by atoms with Gasteiger partial charge in [-0.25, -0.2) is 4.79 Å². The van der Waals surface area contributed by atoms with E-state index in [1.165, 1.54) is 18.1 Å². The quantitative estimate of drug-likeness (QED) is 0.215. The van der Waals surface area contributed by atoms with Crippen LogP contribution in [0.5, 0.6) is 0 Å². The van der Waals surface area contributed by atoms with Gasteiger partial charge in [0.2, 0.25) is 0 Å². The van der Waals surface area contributed by atoms with Crippen molar-refractivity contribution >= 4 is 11.6 Å². The molecule has 1 aliphatic rings. The number of carbonyl (C=O) groups excluding carboxylic acids is 1. The van der Waals surface area contributed by atoms with E-state index in [1.54, 1.807) is 20.8 Å². The lowest BCUT2D eigenvalue weighted by molar-refractivity contribution is -0.189. The number of alkyl halides is 6. The molecule has 2 nitrogen and oxygen atoms in total. The molecule has 1 aromatic rings. The molecule has 1 aliphatic heterocycles. The lowest BCUT2D eigenvalue weighted by Gasteiger charge is -2.41. The zero-order valence-electron chi connectivity index (χ0n) is 20.4. The summed E-state index contributed by atoms with van der Waals surface area (Å²) in [6, 6.07) is 4.84. The molecule has 1 saturated heterocycles. The molecule has 0 bridgehead atoms. The van der Waals surface area contributed by atoms with E-state index in [0.717, 1.165) is 25.1 Å². The molecule has 1 aromatic carbocycles. The van der Waals surface area contributed by atoms with Crippen LogP contribution in [-0.4, -0.2) is 25.2 Å². The molecule has 0 aliphatic carbocycles. The Labute approximate surface area is 202 Å². The minimum absolute atomic E-state index is 0.0220. The van der Waals surface area contributed by atoms with E-state index in [2.05, 4.69) is 13.2 Å². The molecule has 0 aromatic heterocycles. The second-order valence-corrected chi connectivity index (χ2v) is 9.39. The van der Waals surface area contributed by atoms with Gasteiger partial charge in [0.05, 0.1) is 11.1 Å². The van der Waals surface area contributed by atoms with Crippen molar-refractivity contribution in [2.45, 2.75) is 52.9 Å². The van der Waals surface area contributed by atoms with Gasteiger partial charge >= 0.3 is 12.4 Å². The number of halogens is 6. The second kappa shape index (κ2) is 10.5. The molecule has 0 N–H and O–H groups in total. The summed E-state index contributed by atoms with van der Waals surface area (Å²) in [5.74, 6) is 0.923. The third-order valence-corrected chi connectivity index (χ3v) is 7.05. The van der Waals surface area contributed by atoms with Crippen LogP contribution in [0.15, 0.2) is 65.8 Å². The molecule has 1 unspecified atom stereocenters. The molecule has 0 radical (unpaired) electrons. The van der Waals surface area contributed by atoms with Gasteiger partial charge in [-0.2, -0.15) is 26.3 Å². The molecule has 1 fully saturated rings. The van der Waals surface area contributed by atoms with Crippen molar-refractivity contribution in [3.63, 3.8) is 0 Å². The summed E-state index contributed by atoms with van der Waals surface area (Å²) >= 11 is 0. The van der Waals surface area contributed by atoms with Crippen LogP contribution in [-0.2, 0) is 11.0 Å². The highest BCUT2D eigenvalue weighted by molar-refractivity contribution is 5.65. The van der Waals surface area contributed by atoms with Crippen molar-refractivity contribution in [2.75, 3.05) is 18.0 Å². The van der Waals surface area contributed by atoms with Crippen molar-refractivity contribution in [3.8, 4) is 0 Å². The fraction of sp³-hybridized carbons (Fsp3) is 0.481. The van der Waals surface area contributed by atoms with E-state index in [-0.39, 0.29) is 17.4 Å². The Morgan fingerprint density at radius 1 is 1.09 bits per heavy atom. The lowest BCUT2D eigenvalue weighted by atomic mass is 9.66. The average molecular weight is 500 g/mol. The summed E-state index contributed by atoms with van der Waals surface area (Å²) in [6.07, 6.45) is -7.38. The first-order chi connectivity index (χ1) is 16.1. The molecule has 0 saturated carbocycles. The van der Waals surface area contributed by atoms with Crippen LogP contribution >= 0.6 is 0 Å². The van der Waals surface area contributed by atoms with Gasteiger partial charge < -0.3 is 4.90 Å². The summed E-state index contributed by atoms with van der Waals surface area (Å²) in [6.45, 7) is 14.5. The number of hydrogen-bond acceptors (Lipinski definition) is 2. The van der Waals surface area contributed by atoms with Gasteiger partial charge in [0.1, 0.15) is 11.4 Å². The minimum Gasteiger partial charge on any atom is -0.371 e. The largest absolute Gasteiger partial charge is 0.416 e. The SMILES string of the molecule is C=CC(=C=O)C(C)(/C(C(=C)C1CCN(c2ccc(C(F)(F)F)cc2)CC1)=C(\C)C(C)C)C(F)(F)F. The van der Waals surface area contributed by atoms with Crippen LogP contribution in [0, 0.1) is 17.3 Å². The number of piperidine rings is 1. The first-order valence-corrected chi connectivity index (χ1v) is 11.4. The normalized spacial score (nSPS) is 18.0. The summed E-state index contributed by atoms with van der Waals surface area (Å²) in [7, 11) is 0. The molecular formula is C27H31F6NO. The molecule has 1 atom stereocenters. The van der Waals surface area contributed by atoms with Gasteiger partial charge in [-0.05, 0) is 73.9 Å². The highest BCUT2D eigenvalue weighted by atomic mass is 19.4. The van der Waals surface area contributed by atoms with Crippen LogP contribution in [0.4, 0.5) is 32.0 Å². The van der Waals surface area contributed by atoms with E-state index < -0.39 is 28.9 Å². The Morgan fingerprint density at radius 3 is 1.97 bits per heavy atom. The van der Waals surface area contributed by atoms with E-state index >= 15 is 0 Å². The second-order valence-electron chi connectivity index (χ2n) is 9.39. The highest BCUT2D eigenvalue weighted by Crippen LogP contribution is 2.54. The third-order valence-electron chi connectivity index (χ3n) is 7.05. The summed E-state index contributed by atoms with van der Waals surface area (Å²) in [5.41, 5.74) is -2.56. The minimum atomic E-state index is -4.79. The van der Waals surface area contributed by atoms with Crippen molar-refractivity contribution in [1.82, 2.24) is 0 Å². The Bertz CT molecular complexity index is 1020. The van der Waals surface area contributed by atoms with E-state index in [9.17, 15) is 31.1 Å². The predicted molar refractivity (Wildman–Crippen MR) is 127 cm³/mol. The predicted octanol–water partition coefficient (Wildman–Crippen LogP) is 7.96. The smallest absolute Gasteiger partial charge is 0.371 e. The molecule has 1 heterocycles. The summed E-state index contributed by atoms with van der Waals surface area (Å²) in [4.78, 5) is 13.5. The average Bonchev–Trinajstić information content (AvgIpc) is 2.78. The van der Waals surface area contributed by atoms with Crippen molar-refractivity contribution < 1.29 is 31.1 Å². The molecule has 192 valence electrons. The summed E-state index contributed by atoms with van der Waals surface area (Å²) < 4.78 is 82.1. The van der Waals surface area contributed by atoms with E-state index in [0.29, 0.717) is 42.8 Å². The van der Waals surface area contributed by atoms with Crippen molar-refractivity contribution in [2.24, 2.45) is 17.3 Å². The fourth-order valence-electron chi connectivity index (χ4n) is 4.59. The monoisotopic (exact) mass is 499 g/mol. The fourth-order valence-corrected chi connectivity index (χ4v) is 4.59. The van der Waals surface area contributed by atoms with Crippen LogP contribution in [0.25, 0.3) is 0 Å². The van der Waals surface area contributed by atoms with Crippen LogP contribution in [0.1, 0.15) is 46.1 Å². The summed E-state index contributed by atoms with van der Waals surface area (Å²) in [5, 5.41) is 0. The molecule has 0 amide bonds. The maximum absolute atomic E-state index is 14.5. The first kappa shape index (κ1) is 28.5. The number of hydrogen-bond donors (Lipinski definition) is 0. The van der Waals surface area contributed by atoms with Crippen LogP contribution in [0.2, 0.25) is 0 Å². The van der Waals surface area contributed by atoms with Crippen LogP contribution < -0.4 is 4.90 Å². The van der Waals surface area contributed by atoms with Gasteiger partial charge in [0.25, 0.3) is 0 Å². The Morgan fingerprint density at radius 2 is 1.60 bits per heavy atom. The van der Waals surface area contributed by atoms with Gasteiger partial charge in [0.15, 0.2) is 0 Å². The standard InChI is InChI=1S/C27H31F6NO/c1-7-21(16-35)25(6,27(31,32)33)24(18(4)17(2)3)19(5)20-12-14-34(15-13-20)23-10-8-22(9-11-23)26(28,29)30/h7-11,17,20H,1,5,12-15H2,2-4,6H3/b24-18+. The number of rotatable bonds is 7. The maximum atomic E-state index is 14.5. The van der Waals surface area contributed by atoms with Crippen molar-refractivity contribution in [3.05, 3.63) is 71.4 Å². The molecular weight excluding hydrogens is 468 g/mol. The Kier molecular flexibility index (Phi) is 8.54. The zero-order valence-corrected chi connectivity index (χ0v) is 20.4. The molecule has 35 heavy (non-hydrogen) atoms. The van der Waals surface area contributed by atoms with Gasteiger partial charge in [0, 0.05) is 18.8 Å². The molecule has 8 heteroatoms. The Balaban J connectivity index is 2.38. The number of benzene rings is 1. The number of allylic oxidation sites excluding steroid dienone is 5. The van der Waals surface area contributed by atoms with E-state index in [1.807, 2.05) is 4.90 Å². The number of anilines is 1. The highest BCUT2D eigenvalue weighted by Gasteiger charge is 2.57. The Hall–Kier alpha value is -2.73. The van der Waals surface area contributed by atoms with E-state index in [4.69, 9.17) is 0 Å². The topological polar surface area (TPSA) is 20.3 Å².